The van der Waals surface area contributed by atoms with Crippen molar-refractivity contribution < 1.29 is 4.39 Å². The van der Waals surface area contributed by atoms with Crippen molar-refractivity contribution >= 4 is 11.6 Å². The lowest BCUT2D eigenvalue weighted by Gasteiger charge is -2.37. The molecule has 0 aromatic heterocycles. The Labute approximate surface area is 157 Å². The fourth-order valence-electron chi connectivity index (χ4n) is 4.95. The quantitative estimate of drug-likeness (QED) is 0.358. The van der Waals surface area contributed by atoms with Gasteiger partial charge in [0.05, 0.1) is 6.67 Å². The minimum atomic E-state index is -0.185. The number of unbranched alkanes of at least 4 members (excludes halogenated alkanes) is 1. The zero-order valence-electron chi connectivity index (χ0n) is 15.3. The zero-order chi connectivity index (χ0) is 17.5. The maximum atomic E-state index is 12.1. The van der Waals surface area contributed by atoms with E-state index in [2.05, 4.69) is 24.3 Å². The Hall–Kier alpha value is -0.820. The van der Waals surface area contributed by atoms with E-state index in [1.165, 1.54) is 56.9 Å². The smallest absolute Gasteiger partial charge is 0.0897 e. The van der Waals surface area contributed by atoms with Crippen LogP contribution in [0.15, 0.2) is 36.4 Å². The summed E-state index contributed by atoms with van der Waals surface area (Å²) in [6.45, 7) is -0.185. The number of allylic oxidation sites excluding steroid dienone is 2. The van der Waals surface area contributed by atoms with E-state index in [9.17, 15) is 4.39 Å². The van der Waals surface area contributed by atoms with Gasteiger partial charge in [0.25, 0.3) is 0 Å². The van der Waals surface area contributed by atoms with Crippen LogP contribution in [-0.4, -0.2) is 6.67 Å². The molecule has 138 valence electrons. The molecule has 1 aromatic carbocycles. The summed E-state index contributed by atoms with van der Waals surface area (Å²) < 4.78 is 12.1. The Morgan fingerprint density at radius 3 is 2.08 bits per heavy atom. The van der Waals surface area contributed by atoms with Crippen molar-refractivity contribution in [3.05, 3.63) is 47.0 Å². The molecule has 0 atom stereocenters. The first kappa shape index (κ1) is 19.0. The van der Waals surface area contributed by atoms with E-state index in [-0.39, 0.29) is 6.67 Å². The first-order chi connectivity index (χ1) is 12.3. The molecule has 0 saturated heterocycles. The third kappa shape index (κ3) is 5.58. The molecule has 25 heavy (non-hydrogen) atoms. The summed E-state index contributed by atoms with van der Waals surface area (Å²) in [6.07, 6.45) is 17.1. The van der Waals surface area contributed by atoms with Crippen LogP contribution in [0.5, 0.6) is 0 Å². The molecule has 2 saturated carbocycles. The maximum absolute atomic E-state index is 12.1. The van der Waals surface area contributed by atoms with Gasteiger partial charge in [0.15, 0.2) is 0 Å². The molecule has 2 fully saturated rings. The van der Waals surface area contributed by atoms with Gasteiger partial charge in [0.2, 0.25) is 0 Å². The van der Waals surface area contributed by atoms with Crippen molar-refractivity contribution in [3.63, 3.8) is 0 Å². The zero-order valence-corrected chi connectivity index (χ0v) is 16.1. The fourth-order valence-corrected chi connectivity index (χ4v) is 5.08. The first-order valence-electron chi connectivity index (χ1n) is 10.2. The van der Waals surface area contributed by atoms with E-state index in [0.29, 0.717) is 6.42 Å². The highest BCUT2D eigenvalue weighted by molar-refractivity contribution is 6.30. The molecule has 0 N–H and O–H groups in total. The van der Waals surface area contributed by atoms with Crippen LogP contribution in [0.25, 0.3) is 0 Å². The topological polar surface area (TPSA) is 0 Å². The minimum Gasteiger partial charge on any atom is -0.251 e. The Kier molecular flexibility index (Phi) is 7.40. The summed E-state index contributed by atoms with van der Waals surface area (Å²) in [6, 6.07) is 8.50. The third-order valence-electron chi connectivity index (χ3n) is 6.51. The van der Waals surface area contributed by atoms with Crippen LogP contribution in [0.4, 0.5) is 4.39 Å². The molecular formula is C23H32ClF. The Balaban J connectivity index is 1.40. The van der Waals surface area contributed by atoms with Crippen molar-refractivity contribution in [1.29, 1.82) is 0 Å². The molecule has 2 heteroatoms. The van der Waals surface area contributed by atoms with Crippen LogP contribution in [-0.2, 0) is 0 Å². The normalized spacial score (nSPS) is 30.6. The lowest BCUT2D eigenvalue weighted by molar-refractivity contribution is 0.171. The standard InChI is InChI=1S/C23H32ClF/c24-23-15-13-22(14-16-23)21-11-9-20(10-12-21)19-7-5-18(6-8-19)4-2-1-3-17-25/h2,4,13-16,18-21H,1,3,5-12,17H2. The second-order valence-corrected chi connectivity index (χ2v) is 8.53. The molecule has 0 spiro atoms. The van der Waals surface area contributed by atoms with Gasteiger partial charge in [0, 0.05) is 5.02 Å². The van der Waals surface area contributed by atoms with Crippen LogP contribution < -0.4 is 0 Å². The van der Waals surface area contributed by atoms with Crippen molar-refractivity contribution in [1.82, 2.24) is 0 Å². The lowest BCUT2D eigenvalue weighted by atomic mass is 9.68. The summed E-state index contributed by atoms with van der Waals surface area (Å²) in [5.41, 5.74) is 1.48. The van der Waals surface area contributed by atoms with Gasteiger partial charge in [-0.25, -0.2) is 0 Å². The summed E-state index contributed by atoms with van der Waals surface area (Å²) in [5, 5.41) is 0.841. The predicted octanol–water partition coefficient (Wildman–Crippen LogP) is 7.73. The molecule has 0 bridgehead atoms. The molecule has 0 aliphatic heterocycles. The fraction of sp³-hybridized carbons (Fsp3) is 0.652. The van der Waals surface area contributed by atoms with Crippen molar-refractivity contribution in [2.45, 2.75) is 70.1 Å². The molecule has 0 radical (unpaired) electrons. The van der Waals surface area contributed by atoms with E-state index in [1.54, 1.807) is 0 Å². The Bertz CT molecular complexity index is 520. The monoisotopic (exact) mass is 362 g/mol. The van der Waals surface area contributed by atoms with E-state index in [1.807, 2.05) is 12.1 Å². The average molecular weight is 363 g/mol. The number of halogens is 2. The van der Waals surface area contributed by atoms with Crippen LogP contribution in [0, 0.1) is 17.8 Å². The molecular weight excluding hydrogens is 331 g/mol. The summed E-state index contributed by atoms with van der Waals surface area (Å²) in [5.74, 6) is 3.38. The molecule has 2 aliphatic rings. The summed E-state index contributed by atoms with van der Waals surface area (Å²) >= 11 is 6.01. The van der Waals surface area contributed by atoms with Gasteiger partial charge in [-0.15, -0.1) is 0 Å². The van der Waals surface area contributed by atoms with Gasteiger partial charge in [-0.05, 0) is 106 Å². The van der Waals surface area contributed by atoms with Crippen LogP contribution in [0.3, 0.4) is 0 Å². The largest absolute Gasteiger partial charge is 0.251 e. The Morgan fingerprint density at radius 1 is 0.880 bits per heavy atom. The van der Waals surface area contributed by atoms with Crippen molar-refractivity contribution in [2.24, 2.45) is 17.8 Å². The van der Waals surface area contributed by atoms with Crippen LogP contribution >= 0.6 is 11.6 Å². The average Bonchev–Trinajstić information content (AvgIpc) is 2.67. The molecule has 3 rings (SSSR count). The Morgan fingerprint density at radius 2 is 1.48 bits per heavy atom. The van der Waals surface area contributed by atoms with Gasteiger partial charge in [-0.1, -0.05) is 35.9 Å². The maximum Gasteiger partial charge on any atom is 0.0897 e. The van der Waals surface area contributed by atoms with Gasteiger partial charge < -0.3 is 0 Å². The number of benzene rings is 1. The highest BCUT2D eigenvalue weighted by Crippen LogP contribution is 2.44. The molecule has 1 aromatic rings. The van der Waals surface area contributed by atoms with Crippen LogP contribution in [0.2, 0.25) is 5.02 Å². The molecule has 0 amide bonds. The summed E-state index contributed by atoms with van der Waals surface area (Å²) in [7, 11) is 0. The molecule has 2 aliphatic carbocycles. The van der Waals surface area contributed by atoms with E-state index in [4.69, 9.17) is 11.6 Å². The SMILES string of the molecule is FCCCC=CC1CCC(C2CCC(c3ccc(Cl)cc3)CC2)CC1. The number of hydrogen-bond acceptors (Lipinski definition) is 0. The molecule has 0 unspecified atom stereocenters. The summed E-state index contributed by atoms with van der Waals surface area (Å²) in [4.78, 5) is 0. The molecule has 0 nitrogen and oxygen atoms in total. The third-order valence-corrected chi connectivity index (χ3v) is 6.76. The second kappa shape index (κ2) is 9.76. The minimum absolute atomic E-state index is 0.185. The highest BCUT2D eigenvalue weighted by Gasteiger charge is 2.30. The number of rotatable bonds is 6. The lowest BCUT2D eigenvalue weighted by Crippen LogP contribution is -2.25. The highest BCUT2D eigenvalue weighted by atomic mass is 35.5. The van der Waals surface area contributed by atoms with Gasteiger partial charge in [0.1, 0.15) is 0 Å². The van der Waals surface area contributed by atoms with E-state index in [0.717, 1.165) is 35.1 Å². The van der Waals surface area contributed by atoms with Gasteiger partial charge >= 0.3 is 0 Å². The van der Waals surface area contributed by atoms with Crippen molar-refractivity contribution in [3.8, 4) is 0 Å². The van der Waals surface area contributed by atoms with Crippen molar-refractivity contribution in [2.75, 3.05) is 6.67 Å². The van der Waals surface area contributed by atoms with Gasteiger partial charge in [-0.3, -0.25) is 4.39 Å². The van der Waals surface area contributed by atoms with E-state index >= 15 is 0 Å². The van der Waals surface area contributed by atoms with E-state index < -0.39 is 0 Å². The first-order valence-corrected chi connectivity index (χ1v) is 10.6. The number of alkyl halides is 1. The second-order valence-electron chi connectivity index (χ2n) is 8.10. The van der Waals surface area contributed by atoms with Crippen LogP contribution in [0.1, 0.15) is 75.7 Å². The number of hydrogen-bond donors (Lipinski definition) is 0. The molecule has 0 heterocycles. The van der Waals surface area contributed by atoms with Gasteiger partial charge in [-0.2, -0.15) is 0 Å². The predicted molar refractivity (Wildman–Crippen MR) is 106 cm³/mol.